The predicted octanol–water partition coefficient (Wildman–Crippen LogP) is 12.2. The molecule has 3 aromatic heterocycles. The highest BCUT2D eigenvalue weighted by Gasteiger charge is 2.19. The summed E-state index contributed by atoms with van der Waals surface area (Å²) in [6.45, 7) is 2.18. The number of hydrogen-bond donors (Lipinski definition) is 0. The van der Waals surface area contributed by atoms with Crippen molar-refractivity contribution in [1.82, 2.24) is 19.9 Å². The van der Waals surface area contributed by atoms with Gasteiger partial charge in [-0.3, -0.25) is 0 Å². The van der Waals surface area contributed by atoms with Gasteiger partial charge in [0.2, 0.25) is 0 Å². The van der Waals surface area contributed by atoms with Crippen LogP contribution in [0.4, 0.5) is 0 Å². The molecule has 0 aliphatic heterocycles. The minimum Gasteiger partial charge on any atom is -0.228 e. The summed E-state index contributed by atoms with van der Waals surface area (Å²) in [6.07, 6.45) is 0.781. The lowest BCUT2D eigenvalue weighted by molar-refractivity contribution is 1.06. The molecule has 51 heavy (non-hydrogen) atoms. The summed E-state index contributed by atoms with van der Waals surface area (Å²) in [5.74, 6) is 1.41. The number of nitrogens with zero attached hydrogens (tertiary/aromatic N) is 4. The van der Waals surface area contributed by atoms with Crippen molar-refractivity contribution < 1.29 is 0 Å². The van der Waals surface area contributed by atoms with Gasteiger partial charge in [-0.2, -0.15) is 0 Å². The summed E-state index contributed by atoms with van der Waals surface area (Å²) in [7, 11) is 0. The maximum atomic E-state index is 5.36. The average Bonchev–Trinajstić information content (AvgIpc) is 3.59. The second kappa shape index (κ2) is 13.2. The van der Waals surface area contributed by atoms with Gasteiger partial charge in [-0.15, -0.1) is 11.3 Å². The van der Waals surface area contributed by atoms with Gasteiger partial charge in [-0.05, 0) is 30.7 Å². The Labute approximate surface area is 300 Å². The van der Waals surface area contributed by atoms with Gasteiger partial charge in [0.25, 0.3) is 0 Å². The summed E-state index contributed by atoms with van der Waals surface area (Å²) in [5, 5.41) is 2.54. The van der Waals surface area contributed by atoms with Gasteiger partial charge in [-0.1, -0.05) is 146 Å². The monoisotopic (exact) mass is 672 g/mol. The standard InChI is InChI=1S/C46H32N4S/c1-2-36-43(31-17-8-4-9-18-31)49-46(35-25-26-38-37-23-12-13-24-41(37)51-42(38)28-35)50-44(36)34-22-14-21-33(27-34)40-29-39(30-15-6-3-7-16-30)47-45(48-40)32-19-10-5-11-20-32/h3-29H,2H2,1H3. The minimum atomic E-state index is 0.693. The lowest BCUT2D eigenvalue weighted by atomic mass is 9.96. The van der Waals surface area contributed by atoms with Gasteiger partial charge in [0.1, 0.15) is 0 Å². The predicted molar refractivity (Wildman–Crippen MR) is 213 cm³/mol. The molecule has 6 aromatic carbocycles. The Balaban J connectivity index is 1.22. The molecule has 0 atom stereocenters. The summed E-state index contributed by atoms with van der Waals surface area (Å²) in [6, 6.07) is 56.8. The van der Waals surface area contributed by atoms with E-state index in [2.05, 4.69) is 128 Å². The first-order chi connectivity index (χ1) is 25.2. The number of thiophene rings is 1. The number of benzene rings is 6. The number of hydrogen-bond acceptors (Lipinski definition) is 5. The van der Waals surface area contributed by atoms with Crippen molar-refractivity contribution >= 4 is 31.5 Å². The summed E-state index contributed by atoms with van der Waals surface area (Å²) >= 11 is 1.81. The second-order valence-corrected chi connectivity index (χ2v) is 13.6. The van der Waals surface area contributed by atoms with Gasteiger partial charge in [0, 0.05) is 59.1 Å². The molecule has 0 aliphatic carbocycles. The van der Waals surface area contributed by atoms with Crippen molar-refractivity contribution in [3.05, 3.63) is 169 Å². The molecule has 5 heteroatoms. The molecule has 4 nitrogen and oxygen atoms in total. The lowest BCUT2D eigenvalue weighted by Crippen LogP contribution is -2.03. The number of aromatic nitrogens is 4. The zero-order valence-electron chi connectivity index (χ0n) is 28.0. The number of fused-ring (bicyclic) bond motifs is 3. The van der Waals surface area contributed by atoms with Gasteiger partial charge in [-0.25, -0.2) is 19.9 Å². The SMILES string of the molecule is CCc1c(-c2ccccc2)nc(-c2ccc3c(c2)sc2ccccc23)nc1-c1cccc(-c2cc(-c3ccccc3)nc(-c3ccccc3)n2)c1. The summed E-state index contributed by atoms with van der Waals surface area (Å²) < 4.78 is 2.51. The molecule has 0 saturated heterocycles. The van der Waals surface area contributed by atoms with E-state index in [0.717, 1.165) is 68.1 Å². The molecule has 0 unspecified atom stereocenters. The van der Waals surface area contributed by atoms with Crippen LogP contribution < -0.4 is 0 Å². The fourth-order valence-corrected chi connectivity index (χ4v) is 7.93. The Morgan fingerprint density at radius 2 is 0.941 bits per heavy atom. The van der Waals surface area contributed by atoms with Crippen LogP contribution in [0.1, 0.15) is 12.5 Å². The smallest absolute Gasteiger partial charge is 0.160 e. The van der Waals surface area contributed by atoms with Crippen LogP contribution in [0.25, 0.3) is 88.0 Å². The summed E-state index contributed by atoms with van der Waals surface area (Å²) in [5.41, 5.74) is 10.9. The van der Waals surface area contributed by atoms with Crippen LogP contribution in [-0.2, 0) is 6.42 Å². The Bertz CT molecular complexity index is 2610. The molecule has 0 spiro atoms. The highest BCUT2D eigenvalue weighted by atomic mass is 32.1. The molecule has 9 aromatic rings. The Hall–Kier alpha value is -6.30. The van der Waals surface area contributed by atoms with Crippen LogP contribution in [0.3, 0.4) is 0 Å². The lowest BCUT2D eigenvalue weighted by Gasteiger charge is -2.16. The highest BCUT2D eigenvalue weighted by molar-refractivity contribution is 7.25. The Kier molecular flexibility index (Phi) is 7.95. The molecular weight excluding hydrogens is 641 g/mol. The van der Waals surface area contributed by atoms with Crippen LogP contribution in [-0.4, -0.2) is 19.9 Å². The van der Waals surface area contributed by atoms with Crippen LogP contribution in [0.15, 0.2) is 164 Å². The molecule has 242 valence electrons. The summed E-state index contributed by atoms with van der Waals surface area (Å²) in [4.78, 5) is 20.7. The van der Waals surface area contributed by atoms with Gasteiger partial charge < -0.3 is 0 Å². The zero-order valence-corrected chi connectivity index (χ0v) is 28.8. The van der Waals surface area contributed by atoms with Crippen molar-refractivity contribution in [3.8, 4) is 67.8 Å². The average molecular weight is 673 g/mol. The van der Waals surface area contributed by atoms with E-state index in [1.807, 2.05) is 53.8 Å². The molecule has 0 saturated carbocycles. The van der Waals surface area contributed by atoms with Crippen molar-refractivity contribution in [2.45, 2.75) is 13.3 Å². The van der Waals surface area contributed by atoms with Gasteiger partial charge in [0.05, 0.1) is 22.8 Å². The van der Waals surface area contributed by atoms with Crippen molar-refractivity contribution in [1.29, 1.82) is 0 Å². The quantitative estimate of drug-likeness (QED) is 0.169. The largest absolute Gasteiger partial charge is 0.228 e. The molecule has 0 fully saturated rings. The first-order valence-corrected chi connectivity index (χ1v) is 18.0. The maximum absolute atomic E-state index is 5.36. The van der Waals surface area contributed by atoms with Crippen molar-refractivity contribution in [3.63, 3.8) is 0 Å². The molecule has 3 heterocycles. The van der Waals surface area contributed by atoms with E-state index in [1.165, 1.54) is 20.2 Å². The van der Waals surface area contributed by atoms with E-state index in [1.54, 1.807) is 0 Å². The van der Waals surface area contributed by atoms with E-state index in [4.69, 9.17) is 19.9 Å². The molecule has 0 amide bonds. The molecule has 0 aliphatic rings. The molecular formula is C46H32N4S. The van der Waals surface area contributed by atoms with E-state index in [9.17, 15) is 0 Å². The van der Waals surface area contributed by atoms with Gasteiger partial charge in [0.15, 0.2) is 11.6 Å². The molecule has 9 rings (SSSR count). The second-order valence-electron chi connectivity index (χ2n) is 12.5. The van der Waals surface area contributed by atoms with E-state index in [0.29, 0.717) is 11.6 Å². The molecule has 0 radical (unpaired) electrons. The Morgan fingerprint density at radius 1 is 0.392 bits per heavy atom. The topological polar surface area (TPSA) is 51.6 Å². The van der Waals surface area contributed by atoms with Gasteiger partial charge >= 0.3 is 0 Å². The normalized spacial score (nSPS) is 11.3. The zero-order chi connectivity index (χ0) is 34.1. The van der Waals surface area contributed by atoms with E-state index < -0.39 is 0 Å². The van der Waals surface area contributed by atoms with E-state index in [-0.39, 0.29) is 0 Å². The molecule has 0 bridgehead atoms. The third-order valence-corrected chi connectivity index (χ3v) is 10.4. The fraction of sp³-hybridized carbons (Fsp3) is 0.0435. The fourth-order valence-electron chi connectivity index (χ4n) is 6.78. The first kappa shape index (κ1) is 30.7. The van der Waals surface area contributed by atoms with Crippen LogP contribution in [0, 0.1) is 0 Å². The van der Waals surface area contributed by atoms with Crippen LogP contribution >= 0.6 is 11.3 Å². The highest BCUT2D eigenvalue weighted by Crippen LogP contribution is 2.38. The maximum Gasteiger partial charge on any atom is 0.160 e. The first-order valence-electron chi connectivity index (χ1n) is 17.2. The molecule has 0 N–H and O–H groups in total. The van der Waals surface area contributed by atoms with Crippen LogP contribution in [0.2, 0.25) is 0 Å². The van der Waals surface area contributed by atoms with Crippen molar-refractivity contribution in [2.75, 3.05) is 0 Å². The Morgan fingerprint density at radius 3 is 1.67 bits per heavy atom. The van der Waals surface area contributed by atoms with Crippen LogP contribution in [0.5, 0.6) is 0 Å². The third-order valence-electron chi connectivity index (χ3n) is 9.30. The number of rotatable bonds is 7. The van der Waals surface area contributed by atoms with Crippen molar-refractivity contribution in [2.24, 2.45) is 0 Å². The van der Waals surface area contributed by atoms with E-state index >= 15 is 0 Å². The minimum absolute atomic E-state index is 0.693. The third kappa shape index (κ3) is 5.88.